The zero-order valence-electron chi connectivity index (χ0n) is 13.1. The van der Waals surface area contributed by atoms with Gasteiger partial charge in [0.2, 0.25) is 0 Å². The van der Waals surface area contributed by atoms with Gasteiger partial charge in [0.25, 0.3) is 0 Å². The first-order valence-corrected chi connectivity index (χ1v) is 8.63. The molecule has 0 aliphatic carbocycles. The van der Waals surface area contributed by atoms with Crippen molar-refractivity contribution in [2.24, 2.45) is 0 Å². The molecule has 2 heterocycles. The molecule has 0 spiro atoms. The average Bonchev–Trinajstić information content (AvgIpc) is 3.10. The minimum absolute atomic E-state index is 0.0193. The van der Waals surface area contributed by atoms with Gasteiger partial charge in [0, 0.05) is 16.3 Å². The molecule has 0 unspecified atom stereocenters. The number of benzene rings is 1. The monoisotopic (exact) mass is 354 g/mol. The number of phenolic OH excluding ortho intramolecular Hbond substituents is 1. The highest BCUT2D eigenvalue weighted by atomic mass is 32.1. The Morgan fingerprint density at radius 3 is 2.62 bits per heavy atom. The molecule has 1 aromatic carbocycles. The number of furan rings is 1. The summed E-state index contributed by atoms with van der Waals surface area (Å²) < 4.78 is 45.7. The molecular weight excluding hydrogens is 337 g/mol. The average molecular weight is 354 g/mol. The summed E-state index contributed by atoms with van der Waals surface area (Å²) in [5.74, 6) is 0.209. The van der Waals surface area contributed by atoms with Crippen LogP contribution in [0.5, 0.6) is 5.75 Å². The Bertz CT molecular complexity index is 846. The highest BCUT2D eigenvalue weighted by Gasteiger charge is 2.36. The van der Waals surface area contributed by atoms with Crippen molar-refractivity contribution in [3.05, 3.63) is 40.8 Å². The van der Waals surface area contributed by atoms with E-state index in [-0.39, 0.29) is 16.4 Å². The van der Waals surface area contributed by atoms with Crippen LogP contribution in [0.4, 0.5) is 13.2 Å². The molecule has 0 fully saturated rings. The minimum Gasteiger partial charge on any atom is -0.508 e. The van der Waals surface area contributed by atoms with Gasteiger partial charge in [-0.1, -0.05) is 19.8 Å². The summed E-state index contributed by atoms with van der Waals surface area (Å²) in [5.41, 5.74) is -0.277. The van der Waals surface area contributed by atoms with Gasteiger partial charge in [-0.05, 0) is 37.1 Å². The van der Waals surface area contributed by atoms with Gasteiger partial charge in [-0.25, -0.2) is 0 Å². The van der Waals surface area contributed by atoms with Crippen molar-refractivity contribution in [3.63, 3.8) is 0 Å². The molecule has 24 heavy (non-hydrogen) atoms. The van der Waals surface area contributed by atoms with Crippen molar-refractivity contribution in [2.45, 2.75) is 38.8 Å². The summed E-state index contributed by atoms with van der Waals surface area (Å²) in [4.78, 5) is 0.818. The molecule has 3 aromatic rings. The van der Waals surface area contributed by atoms with Gasteiger partial charge in [-0.2, -0.15) is 13.2 Å². The van der Waals surface area contributed by atoms with Crippen molar-refractivity contribution in [1.29, 1.82) is 0 Å². The first kappa shape index (κ1) is 16.9. The van der Waals surface area contributed by atoms with E-state index in [4.69, 9.17) is 4.42 Å². The first-order chi connectivity index (χ1) is 11.4. The number of hydrogen-bond acceptors (Lipinski definition) is 3. The SMILES string of the molecule is CCCCCc1cc(C(F)(F)F)c(-c2cc3ccc(O)cc3o2)s1. The Morgan fingerprint density at radius 2 is 1.92 bits per heavy atom. The molecule has 3 rings (SSSR count). The van der Waals surface area contributed by atoms with Crippen LogP contribution in [-0.4, -0.2) is 5.11 Å². The number of alkyl halides is 3. The van der Waals surface area contributed by atoms with Crippen molar-refractivity contribution < 1.29 is 22.7 Å². The summed E-state index contributed by atoms with van der Waals surface area (Å²) in [6.07, 6.45) is -0.879. The van der Waals surface area contributed by atoms with E-state index in [1.54, 1.807) is 12.1 Å². The zero-order valence-corrected chi connectivity index (χ0v) is 13.9. The Hall–Kier alpha value is -1.95. The normalized spacial score (nSPS) is 12.2. The van der Waals surface area contributed by atoms with E-state index in [1.165, 1.54) is 18.2 Å². The molecule has 6 heteroatoms. The number of hydrogen-bond donors (Lipinski definition) is 1. The Labute approximate surface area is 141 Å². The van der Waals surface area contributed by atoms with Gasteiger partial charge in [0.1, 0.15) is 17.1 Å². The summed E-state index contributed by atoms with van der Waals surface area (Å²) >= 11 is 1.13. The lowest BCUT2D eigenvalue weighted by Crippen LogP contribution is -2.04. The number of aromatic hydroxyl groups is 1. The maximum atomic E-state index is 13.4. The molecule has 0 saturated heterocycles. The molecule has 0 amide bonds. The van der Waals surface area contributed by atoms with Crippen LogP contribution >= 0.6 is 11.3 Å². The van der Waals surface area contributed by atoms with E-state index >= 15 is 0 Å². The lowest BCUT2D eigenvalue weighted by Gasteiger charge is -2.05. The topological polar surface area (TPSA) is 33.4 Å². The predicted octanol–water partition coefficient (Wildman–Crippen LogP) is 6.62. The molecule has 0 radical (unpaired) electrons. The third kappa shape index (κ3) is 3.43. The summed E-state index contributed by atoms with van der Waals surface area (Å²) in [5, 5.41) is 10.1. The smallest absolute Gasteiger partial charge is 0.417 e. The Balaban J connectivity index is 2.03. The number of halogens is 3. The Morgan fingerprint density at radius 1 is 1.12 bits per heavy atom. The number of thiophene rings is 1. The van der Waals surface area contributed by atoms with E-state index in [2.05, 4.69) is 6.92 Å². The van der Waals surface area contributed by atoms with Gasteiger partial charge in [0.05, 0.1) is 10.4 Å². The summed E-state index contributed by atoms with van der Waals surface area (Å²) in [7, 11) is 0. The molecule has 0 bridgehead atoms. The fourth-order valence-electron chi connectivity index (χ4n) is 2.64. The van der Waals surface area contributed by atoms with Crippen molar-refractivity contribution >= 4 is 22.3 Å². The molecule has 1 N–H and O–H groups in total. The third-order valence-corrected chi connectivity index (χ3v) is 5.05. The van der Waals surface area contributed by atoms with Gasteiger partial charge in [-0.3, -0.25) is 0 Å². The summed E-state index contributed by atoms with van der Waals surface area (Å²) in [6.45, 7) is 2.06. The standard InChI is InChI=1S/C18H17F3O2S/c1-2-3-4-5-13-10-14(18(19,20)21)17(24-13)16-8-11-6-7-12(22)9-15(11)23-16/h6-10,22H,2-5H2,1H3. The van der Waals surface area contributed by atoms with E-state index in [0.29, 0.717) is 22.3 Å². The Kier molecular flexibility index (Phi) is 4.58. The highest BCUT2D eigenvalue weighted by Crippen LogP contribution is 2.44. The van der Waals surface area contributed by atoms with E-state index in [0.717, 1.165) is 30.6 Å². The molecule has 0 aliphatic heterocycles. The zero-order chi connectivity index (χ0) is 17.3. The maximum Gasteiger partial charge on any atom is 0.417 e. The lowest BCUT2D eigenvalue weighted by molar-refractivity contribution is -0.136. The molecular formula is C18H17F3O2S. The minimum atomic E-state index is -4.42. The molecule has 2 nitrogen and oxygen atoms in total. The van der Waals surface area contributed by atoms with E-state index < -0.39 is 11.7 Å². The highest BCUT2D eigenvalue weighted by molar-refractivity contribution is 7.15. The number of fused-ring (bicyclic) bond motifs is 1. The van der Waals surface area contributed by atoms with Crippen LogP contribution in [0.3, 0.4) is 0 Å². The van der Waals surface area contributed by atoms with Crippen LogP contribution in [0.25, 0.3) is 21.6 Å². The van der Waals surface area contributed by atoms with Gasteiger partial charge in [-0.15, -0.1) is 11.3 Å². The van der Waals surface area contributed by atoms with Crippen LogP contribution in [-0.2, 0) is 12.6 Å². The maximum absolute atomic E-state index is 13.4. The molecule has 0 atom stereocenters. The van der Waals surface area contributed by atoms with Crippen molar-refractivity contribution in [3.8, 4) is 16.4 Å². The van der Waals surface area contributed by atoms with Crippen molar-refractivity contribution in [1.82, 2.24) is 0 Å². The van der Waals surface area contributed by atoms with Gasteiger partial charge in [0.15, 0.2) is 0 Å². The number of phenols is 1. The quantitative estimate of drug-likeness (QED) is 0.522. The largest absolute Gasteiger partial charge is 0.508 e. The van der Waals surface area contributed by atoms with Crippen LogP contribution < -0.4 is 0 Å². The van der Waals surface area contributed by atoms with Crippen LogP contribution in [0.1, 0.15) is 36.6 Å². The fraction of sp³-hybridized carbons (Fsp3) is 0.333. The van der Waals surface area contributed by atoms with Crippen LogP contribution in [0.15, 0.2) is 34.7 Å². The molecule has 0 saturated carbocycles. The molecule has 128 valence electrons. The second-order valence-corrected chi connectivity index (χ2v) is 6.88. The molecule has 0 aliphatic rings. The third-order valence-electron chi connectivity index (χ3n) is 3.84. The van der Waals surface area contributed by atoms with Crippen LogP contribution in [0, 0.1) is 0 Å². The second-order valence-electron chi connectivity index (χ2n) is 5.74. The van der Waals surface area contributed by atoms with Crippen LogP contribution in [0.2, 0.25) is 0 Å². The molecule has 2 aromatic heterocycles. The van der Waals surface area contributed by atoms with Gasteiger partial charge >= 0.3 is 6.18 Å². The first-order valence-electron chi connectivity index (χ1n) is 7.81. The fourth-order valence-corrected chi connectivity index (χ4v) is 3.81. The van der Waals surface area contributed by atoms with Gasteiger partial charge < -0.3 is 9.52 Å². The number of aryl methyl sites for hydroxylation is 1. The van der Waals surface area contributed by atoms with E-state index in [1.807, 2.05) is 0 Å². The lowest BCUT2D eigenvalue weighted by atomic mass is 10.1. The summed E-state index contributed by atoms with van der Waals surface area (Å²) in [6, 6.07) is 7.34. The van der Waals surface area contributed by atoms with E-state index in [9.17, 15) is 18.3 Å². The number of rotatable bonds is 5. The number of unbranched alkanes of at least 4 members (excludes halogenated alkanes) is 2. The van der Waals surface area contributed by atoms with Crippen molar-refractivity contribution in [2.75, 3.05) is 0 Å². The predicted molar refractivity (Wildman–Crippen MR) is 89.4 cm³/mol. The second kappa shape index (κ2) is 6.51.